The monoisotopic (exact) mass is 292 g/mol. The zero-order valence-electron chi connectivity index (χ0n) is 11.5. The predicted octanol–water partition coefficient (Wildman–Crippen LogP) is 1.71. The fourth-order valence-electron chi connectivity index (χ4n) is 1.89. The van der Waals surface area contributed by atoms with Crippen LogP contribution in [-0.2, 0) is 13.6 Å². The van der Waals surface area contributed by atoms with E-state index < -0.39 is 22.3 Å². The summed E-state index contributed by atoms with van der Waals surface area (Å²) >= 11 is 0. The number of hydrogen-bond acceptors (Lipinski definition) is 4. The summed E-state index contributed by atoms with van der Waals surface area (Å²) in [4.78, 5) is 21.7. The molecule has 8 heteroatoms. The average molecular weight is 292 g/mol. The maximum atomic E-state index is 13.2. The van der Waals surface area contributed by atoms with Gasteiger partial charge >= 0.3 is 5.69 Å². The number of nitrogens with one attached hydrogen (secondary N) is 1. The third-order valence-corrected chi connectivity index (χ3v) is 2.96. The van der Waals surface area contributed by atoms with Crippen LogP contribution in [0.4, 0.5) is 10.1 Å². The first-order valence-corrected chi connectivity index (χ1v) is 6.09. The molecule has 0 aliphatic rings. The molecule has 21 heavy (non-hydrogen) atoms. The van der Waals surface area contributed by atoms with Gasteiger partial charge in [0.05, 0.1) is 10.6 Å². The number of amides is 1. The molecule has 0 aliphatic carbocycles. The zero-order chi connectivity index (χ0) is 15.6. The number of hydrogen-bond donors (Lipinski definition) is 1. The van der Waals surface area contributed by atoms with E-state index in [1.54, 1.807) is 17.9 Å². The van der Waals surface area contributed by atoms with Gasteiger partial charge in [0.15, 0.2) is 0 Å². The van der Waals surface area contributed by atoms with Crippen LogP contribution in [0.2, 0.25) is 0 Å². The number of halogens is 1. The molecule has 110 valence electrons. The Morgan fingerprint density at radius 2 is 2.24 bits per heavy atom. The molecule has 1 aromatic heterocycles. The van der Waals surface area contributed by atoms with E-state index in [-0.39, 0.29) is 12.1 Å². The molecule has 0 fully saturated rings. The molecule has 0 bridgehead atoms. The molecule has 0 unspecified atom stereocenters. The fraction of sp³-hybridized carbons (Fsp3) is 0.231. The molecule has 0 saturated carbocycles. The predicted molar refractivity (Wildman–Crippen MR) is 72.2 cm³/mol. The van der Waals surface area contributed by atoms with E-state index in [9.17, 15) is 19.3 Å². The maximum absolute atomic E-state index is 13.2. The van der Waals surface area contributed by atoms with Crippen LogP contribution < -0.4 is 5.32 Å². The van der Waals surface area contributed by atoms with Crippen LogP contribution in [0.15, 0.2) is 24.4 Å². The van der Waals surface area contributed by atoms with Crippen molar-refractivity contribution >= 4 is 11.6 Å². The van der Waals surface area contributed by atoms with E-state index in [1.165, 1.54) is 6.07 Å². The molecule has 0 aliphatic heterocycles. The molecule has 2 rings (SSSR count). The minimum Gasteiger partial charge on any atom is -0.348 e. The van der Waals surface area contributed by atoms with Crippen molar-refractivity contribution in [1.82, 2.24) is 15.1 Å². The fourth-order valence-corrected chi connectivity index (χ4v) is 1.89. The van der Waals surface area contributed by atoms with E-state index >= 15 is 0 Å². The van der Waals surface area contributed by atoms with Gasteiger partial charge in [-0.15, -0.1) is 0 Å². The normalized spacial score (nSPS) is 10.4. The third-order valence-electron chi connectivity index (χ3n) is 2.96. The van der Waals surface area contributed by atoms with Crippen LogP contribution in [0.25, 0.3) is 0 Å². The van der Waals surface area contributed by atoms with Gasteiger partial charge in [0.2, 0.25) is 5.82 Å². The molecule has 1 N–H and O–H groups in total. The molecule has 1 amide bonds. The number of aryl methyl sites for hydroxylation is 2. The summed E-state index contributed by atoms with van der Waals surface area (Å²) in [6.45, 7) is 2.05. The highest BCUT2D eigenvalue weighted by molar-refractivity contribution is 5.94. The molecule has 1 heterocycles. The van der Waals surface area contributed by atoms with Crippen molar-refractivity contribution in [3.05, 3.63) is 57.1 Å². The summed E-state index contributed by atoms with van der Waals surface area (Å²) in [7, 11) is 1.77. The second-order valence-electron chi connectivity index (χ2n) is 4.52. The zero-order valence-corrected chi connectivity index (χ0v) is 11.5. The van der Waals surface area contributed by atoms with Gasteiger partial charge in [0.1, 0.15) is 0 Å². The Kier molecular flexibility index (Phi) is 3.97. The van der Waals surface area contributed by atoms with Crippen LogP contribution in [0.1, 0.15) is 21.6 Å². The summed E-state index contributed by atoms with van der Waals surface area (Å²) in [5, 5.41) is 17.4. The topological polar surface area (TPSA) is 90.1 Å². The van der Waals surface area contributed by atoms with Gasteiger partial charge in [-0.05, 0) is 19.1 Å². The van der Waals surface area contributed by atoms with Crippen molar-refractivity contribution in [2.24, 2.45) is 7.05 Å². The highest BCUT2D eigenvalue weighted by Crippen LogP contribution is 2.18. The highest BCUT2D eigenvalue weighted by Gasteiger charge is 2.17. The first kappa shape index (κ1) is 14.6. The van der Waals surface area contributed by atoms with Gasteiger partial charge in [0.25, 0.3) is 5.91 Å². The lowest BCUT2D eigenvalue weighted by atomic mass is 10.1. The molecule has 0 spiro atoms. The number of rotatable bonds is 4. The SMILES string of the molecule is Cc1nn(C)cc1CNC(=O)c1ccc(F)c([N+](=O)[O-])c1. The number of aromatic nitrogens is 2. The van der Waals surface area contributed by atoms with Gasteiger partial charge in [-0.2, -0.15) is 9.49 Å². The Labute approximate surface area is 119 Å². The standard InChI is InChI=1S/C13H13FN4O3/c1-8-10(7-17(2)16-8)6-15-13(19)9-3-4-11(14)12(5-9)18(20)21/h3-5,7H,6H2,1-2H3,(H,15,19). The van der Waals surface area contributed by atoms with Crippen LogP contribution in [0.3, 0.4) is 0 Å². The van der Waals surface area contributed by atoms with Crippen molar-refractivity contribution in [3.8, 4) is 0 Å². The lowest BCUT2D eigenvalue weighted by molar-refractivity contribution is -0.387. The minimum absolute atomic E-state index is 0.0321. The summed E-state index contributed by atoms with van der Waals surface area (Å²) in [6.07, 6.45) is 1.77. The quantitative estimate of drug-likeness (QED) is 0.686. The smallest absolute Gasteiger partial charge is 0.305 e. The second-order valence-corrected chi connectivity index (χ2v) is 4.52. The minimum atomic E-state index is -0.973. The van der Waals surface area contributed by atoms with E-state index in [0.29, 0.717) is 0 Å². The Bertz CT molecular complexity index is 711. The molecular weight excluding hydrogens is 279 g/mol. The van der Waals surface area contributed by atoms with Gasteiger partial charge in [-0.1, -0.05) is 0 Å². The lowest BCUT2D eigenvalue weighted by Crippen LogP contribution is -2.23. The summed E-state index contributed by atoms with van der Waals surface area (Å²) in [5.74, 6) is -1.49. The molecule has 1 aromatic carbocycles. The summed E-state index contributed by atoms with van der Waals surface area (Å²) in [6, 6.07) is 3.02. The number of benzene rings is 1. The van der Waals surface area contributed by atoms with Crippen LogP contribution in [0, 0.1) is 22.9 Å². The number of nitro groups is 1. The molecule has 0 radical (unpaired) electrons. The van der Waals surface area contributed by atoms with Crippen LogP contribution >= 0.6 is 0 Å². The molecule has 0 atom stereocenters. The Hall–Kier alpha value is -2.77. The largest absolute Gasteiger partial charge is 0.348 e. The molecule has 7 nitrogen and oxygen atoms in total. The number of nitro benzene ring substituents is 1. The number of carbonyl (C=O) groups is 1. The third kappa shape index (κ3) is 3.22. The first-order valence-electron chi connectivity index (χ1n) is 6.09. The van der Waals surface area contributed by atoms with Crippen LogP contribution in [-0.4, -0.2) is 20.6 Å². The van der Waals surface area contributed by atoms with Crippen molar-refractivity contribution < 1.29 is 14.1 Å². The summed E-state index contributed by atoms with van der Waals surface area (Å²) in [5.41, 5.74) is 0.926. The van der Waals surface area contributed by atoms with E-state index in [0.717, 1.165) is 23.4 Å². The van der Waals surface area contributed by atoms with Crippen molar-refractivity contribution in [1.29, 1.82) is 0 Å². The molecule has 0 saturated heterocycles. The first-order chi connectivity index (χ1) is 9.88. The Balaban J connectivity index is 2.12. The van der Waals surface area contributed by atoms with Crippen molar-refractivity contribution in [2.75, 3.05) is 0 Å². The Morgan fingerprint density at radius 1 is 1.52 bits per heavy atom. The van der Waals surface area contributed by atoms with Crippen molar-refractivity contribution in [2.45, 2.75) is 13.5 Å². The molecule has 2 aromatic rings. The highest BCUT2D eigenvalue weighted by atomic mass is 19.1. The number of nitrogens with zero attached hydrogens (tertiary/aromatic N) is 3. The lowest BCUT2D eigenvalue weighted by Gasteiger charge is -2.04. The summed E-state index contributed by atoms with van der Waals surface area (Å²) < 4.78 is 14.8. The van der Waals surface area contributed by atoms with Crippen molar-refractivity contribution in [3.63, 3.8) is 0 Å². The van der Waals surface area contributed by atoms with E-state index in [4.69, 9.17) is 0 Å². The second kappa shape index (κ2) is 5.70. The van der Waals surface area contributed by atoms with Crippen LogP contribution in [0.5, 0.6) is 0 Å². The maximum Gasteiger partial charge on any atom is 0.305 e. The Morgan fingerprint density at radius 3 is 2.81 bits per heavy atom. The van der Waals surface area contributed by atoms with Gasteiger partial charge < -0.3 is 5.32 Å². The van der Waals surface area contributed by atoms with E-state index in [2.05, 4.69) is 10.4 Å². The average Bonchev–Trinajstić information content (AvgIpc) is 2.74. The number of carbonyl (C=O) groups excluding carboxylic acids is 1. The van der Waals surface area contributed by atoms with Gasteiger partial charge in [0, 0.05) is 37.0 Å². The molecular formula is C13H13FN4O3. The van der Waals surface area contributed by atoms with Gasteiger partial charge in [-0.25, -0.2) is 0 Å². The van der Waals surface area contributed by atoms with E-state index in [1.807, 2.05) is 6.92 Å². The van der Waals surface area contributed by atoms with Gasteiger partial charge in [-0.3, -0.25) is 19.6 Å².